The Hall–Kier alpha value is -1.43. The van der Waals surface area contributed by atoms with Crippen LogP contribution in [0, 0.1) is 0 Å². The highest BCUT2D eigenvalue weighted by Crippen LogP contribution is 2.28. The third-order valence-electron chi connectivity index (χ3n) is 3.79. The van der Waals surface area contributed by atoms with E-state index >= 15 is 0 Å². The van der Waals surface area contributed by atoms with E-state index in [4.69, 9.17) is 9.47 Å². The summed E-state index contributed by atoms with van der Waals surface area (Å²) in [5.74, 6) is 0.0565. The zero-order chi connectivity index (χ0) is 13.9. The van der Waals surface area contributed by atoms with E-state index in [2.05, 4.69) is 5.32 Å². The summed E-state index contributed by atoms with van der Waals surface area (Å²) in [7, 11) is 0. The van der Waals surface area contributed by atoms with E-state index in [1.165, 1.54) is 0 Å². The van der Waals surface area contributed by atoms with Gasteiger partial charge < -0.3 is 19.9 Å². The number of benzene rings is 1. The average Bonchev–Trinajstić information content (AvgIpc) is 2.67. The first-order valence-corrected chi connectivity index (χ1v) is 7.04. The number of hydrogen-bond acceptors (Lipinski definition) is 4. The van der Waals surface area contributed by atoms with Gasteiger partial charge in [-0.3, -0.25) is 4.79 Å². The number of hydrogen-bond donors (Lipinski definition) is 2. The fourth-order valence-electron chi connectivity index (χ4n) is 2.68. The van der Waals surface area contributed by atoms with Crippen molar-refractivity contribution in [3.8, 4) is 0 Å². The summed E-state index contributed by atoms with van der Waals surface area (Å²) in [6.45, 7) is 1.51. The lowest BCUT2D eigenvalue weighted by Crippen LogP contribution is -2.33. The molecule has 1 saturated heterocycles. The van der Waals surface area contributed by atoms with Crippen molar-refractivity contribution in [3.63, 3.8) is 0 Å². The molecule has 2 N–H and O–H groups in total. The number of aliphatic hydroxyl groups is 1. The second-order valence-corrected chi connectivity index (χ2v) is 5.25. The van der Waals surface area contributed by atoms with E-state index in [-0.39, 0.29) is 12.0 Å². The first-order valence-electron chi connectivity index (χ1n) is 7.04. The van der Waals surface area contributed by atoms with Gasteiger partial charge in [-0.2, -0.15) is 0 Å². The van der Waals surface area contributed by atoms with E-state index in [0.717, 1.165) is 29.7 Å². The molecule has 1 fully saturated rings. The van der Waals surface area contributed by atoms with Crippen LogP contribution in [0.15, 0.2) is 18.2 Å². The summed E-state index contributed by atoms with van der Waals surface area (Å²) in [6, 6.07) is 5.66. The zero-order valence-corrected chi connectivity index (χ0v) is 11.3. The highest BCUT2D eigenvalue weighted by atomic mass is 16.6. The molecule has 1 amide bonds. The number of carbonyl (C=O) groups excluding carboxylic acids is 1. The Labute approximate surface area is 117 Å². The van der Waals surface area contributed by atoms with Crippen LogP contribution in [0.1, 0.15) is 30.1 Å². The lowest BCUT2D eigenvalue weighted by Gasteiger charge is -2.27. The van der Waals surface area contributed by atoms with Gasteiger partial charge in [0.05, 0.1) is 19.8 Å². The lowest BCUT2D eigenvalue weighted by molar-refractivity contribution is -0.133. The van der Waals surface area contributed by atoms with Gasteiger partial charge in [0.2, 0.25) is 5.91 Å². The minimum atomic E-state index is -0.695. The van der Waals surface area contributed by atoms with Crippen LogP contribution in [0.25, 0.3) is 0 Å². The van der Waals surface area contributed by atoms with E-state index < -0.39 is 6.10 Å². The Morgan fingerprint density at radius 1 is 1.30 bits per heavy atom. The van der Waals surface area contributed by atoms with Crippen LogP contribution in [0.5, 0.6) is 0 Å². The number of rotatable bonds is 2. The van der Waals surface area contributed by atoms with Crippen LogP contribution in [0.2, 0.25) is 0 Å². The van der Waals surface area contributed by atoms with Gasteiger partial charge in [0.1, 0.15) is 12.2 Å². The summed E-state index contributed by atoms with van der Waals surface area (Å²) in [5, 5.41) is 13.3. The summed E-state index contributed by atoms with van der Waals surface area (Å²) in [6.07, 6.45) is 1.21. The van der Waals surface area contributed by atoms with Gasteiger partial charge >= 0.3 is 0 Å². The van der Waals surface area contributed by atoms with Crippen LogP contribution < -0.4 is 5.32 Å². The molecule has 0 radical (unpaired) electrons. The number of aliphatic hydroxyl groups excluding tert-OH is 1. The van der Waals surface area contributed by atoms with E-state index in [1.54, 1.807) is 0 Å². The van der Waals surface area contributed by atoms with Crippen molar-refractivity contribution in [2.45, 2.75) is 31.5 Å². The van der Waals surface area contributed by atoms with E-state index in [9.17, 15) is 9.90 Å². The maximum Gasteiger partial charge on any atom is 0.224 e. The maximum absolute atomic E-state index is 11.5. The molecule has 1 aromatic rings. The molecule has 108 valence electrons. The molecular weight excluding hydrogens is 258 g/mol. The minimum Gasteiger partial charge on any atom is -0.386 e. The summed E-state index contributed by atoms with van der Waals surface area (Å²) >= 11 is 0. The Balaban J connectivity index is 1.80. The Morgan fingerprint density at radius 3 is 3.00 bits per heavy atom. The largest absolute Gasteiger partial charge is 0.386 e. The molecule has 2 unspecified atom stereocenters. The number of carbonyl (C=O) groups is 1. The molecule has 0 spiro atoms. The quantitative estimate of drug-likeness (QED) is 0.857. The molecule has 1 aromatic carbocycles. The highest BCUT2D eigenvalue weighted by molar-refractivity contribution is 5.92. The van der Waals surface area contributed by atoms with E-state index in [1.807, 2.05) is 18.2 Å². The molecule has 2 aliphatic rings. The van der Waals surface area contributed by atoms with Gasteiger partial charge in [-0.1, -0.05) is 12.1 Å². The van der Waals surface area contributed by atoms with Crippen molar-refractivity contribution in [2.24, 2.45) is 0 Å². The molecular formula is C15H19NO4. The Kier molecular flexibility index (Phi) is 4.00. The number of fused-ring (bicyclic) bond motifs is 1. The van der Waals surface area contributed by atoms with Crippen molar-refractivity contribution >= 4 is 11.6 Å². The molecule has 3 rings (SSSR count). The highest BCUT2D eigenvalue weighted by Gasteiger charge is 2.25. The number of nitrogens with one attached hydrogen (secondary N) is 1. The SMILES string of the molecule is O=C1CCCc2cc(C(O)C3COCCO3)ccc2N1. The van der Waals surface area contributed by atoms with Crippen molar-refractivity contribution in [2.75, 3.05) is 25.1 Å². The first-order chi connectivity index (χ1) is 9.74. The molecule has 5 nitrogen and oxygen atoms in total. The fourth-order valence-corrected chi connectivity index (χ4v) is 2.68. The molecule has 0 aromatic heterocycles. The van der Waals surface area contributed by atoms with E-state index in [0.29, 0.717) is 26.2 Å². The smallest absolute Gasteiger partial charge is 0.224 e. The third-order valence-corrected chi connectivity index (χ3v) is 3.79. The maximum atomic E-state index is 11.5. The van der Waals surface area contributed by atoms with Crippen molar-refractivity contribution in [1.82, 2.24) is 0 Å². The average molecular weight is 277 g/mol. The van der Waals surface area contributed by atoms with Crippen molar-refractivity contribution in [3.05, 3.63) is 29.3 Å². The summed E-state index contributed by atoms with van der Waals surface area (Å²) in [4.78, 5) is 11.5. The second-order valence-electron chi connectivity index (χ2n) is 5.25. The van der Waals surface area contributed by atoms with Gasteiger partial charge in [-0.05, 0) is 30.0 Å². The van der Waals surface area contributed by atoms with Gasteiger partial charge in [0.25, 0.3) is 0 Å². The molecule has 0 aliphatic carbocycles. The first kappa shape index (κ1) is 13.5. The molecule has 2 heterocycles. The topological polar surface area (TPSA) is 67.8 Å². The molecule has 2 aliphatic heterocycles. The predicted molar refractivity (Wildman–Crippen MR) is 73.5 cm³/mol. The third kappa shape index (κ3) is 2.85. The van der Waals surface area contributed by atoms with Crippen LogP contribution in [-0.4, -0.2) is 36.9 Å². The lowest BCUT2D eigenvalue weighted by atomic mass is 9.98. The van der Waals surface area contributed by atoms with Crippen LogP contribution in [0.4, 0.5) is 5.69 Å². The minimum absolute atomic E-state index is 0.0565. The van der Waals surface area contributed by atoms with Crippen molar-refractivity contribution < 1.29 is 19.4 Å². The monoisotopic (exact) mass is 277 g/mol. The number of amides is 1. The van der Waals surface area contributed by atoms with Gasteiger partial charge in [0.15, 0.2) is 0 Å². The normalized spacial score (nSPS) is 24.4. The van der Waals surface area contributed by atoms with Crippen molar-refractivity contribution in [1.29, 1.82) is 0 Å². The zero-order valence-electron chi connectivity index (χ0n) is 11.3. The number of aryl methyl sites for hydroxylation is 1. The van der Waals surface area contributed by atoms with Crippen LogP contribution in [-0.2, 0) is 20.7 Å². The standard InChI is InChI=1S/C15H19NO4/c17-14-3-1-2-10-8-11(4-5-12(10)16-14)15(18)13-9-19-6-7-20-13/h4-5,8,13,15,18H,1-3,6-7,9H2,(H,16,17). The van der Waals surface area contributed by atoms with Gasteiger partial charge in [0, 0.05) is 12.1 Å². The van der Waals surface area contributed by atoms with Gasteiger partial charge in [-0.25, -0.2) is 0 Å². The summed E-state index contributed by atoms with van der Waals surface area (Å²) < 4.78 is 10.9. The van der Waals surface area contributed by atoms with Crippen LogP contribution in [0.3, 0.4) is 0 Å². The molecule has 2 atom stereocenters. The molecule has 5 heteroatoms. The second kappa shape index (κ2) is 5.91. The van der Waals surface area contributed by atoms with Gasteiger partial charge in [-0.15, -0.1) is 0 Å². The molecule has 0 saturated carbocycles. The number of ether oxygens (including phenoxy) is 2. The fraction of sp³-hybridized carbons (Fsp3) is 0.533. The Bertz CT molecular complexity index is 497. The summed E-state index contributed by atoms with van der Waals surface area (Å²) in [5.41, 5.74) is 2.74. The molecule has 20 heavy (non-hydrogen) atoms. The Morgan fingerprint density at radius 2 is 2.20 bits per heavy atom. The molecule has 0 bridgehead atoms. The number of anilines is 1. The van der Waals surface area contributed by atoms with Crippen LogP contribution >= 0.6 is 0 Å². The predicted octanol–water partition coefficient (Wildman–Crippen LogP) is 1.41.